The van der Waals surface area contributed by atoms with Gasteiger partial charge in [-0.25, -0.2) is 4.98 Å². The molecule has 4 nitrogen and oxygen atoms in total. The summed E-state index contributed by atoms with van der Waals surface area (Å²) in [6, 6.07) is 15.6. The molecule has 2 aromatic carbocycles. The molecule has 2 heterocycles. The molecule has 0 aliphatic carbocycles. The van der Waals surface area contributed by atoms with Crippen molar-refractivity contribution in [1.29, 1.82) is 0 Å². The average Bonchev–Trinajstić information content (AvgIpc) is 2.94. The van der Waals surface area contributed by atoms with E-state index in [1.165, 1.54) is 0 Å². The number of rotatable bonds is 2. The lowest BCUT2D eigenvalue weighted by Crippen LogP contribution is -1.88. The highest BCUT2D eigenvalue weighted by Gasteiger charge is 2.14. The summed E-state index contributed by atoms with van der Waals surface area (Å²) in [6.45, 7) is 4.00. The van der Waals surface area contributed by atoms with Crippen LogP contribution < -0.4 is 0 Å². The lowest BCUT2D eigenvalue weighted by atomic mass is 10.1. The number of hydrogen-bond donors (Lipinski definition) is 1. The molecule has 0 aliphatic heterocycles. The highest BCUT2D eigenvalue weighted by atomic mass is 35.5. The number of H-pyrrole nitrogens is 1. The maximum atomic E-state index is 6.15. The van der Waals surface area contributed by atoms with Gasteiger partial charge in [-0.3, -0.25) is 0 Å². The van der Waals surface area contributed by atoms with E-state index in [4.69, 9.17) is 11.6 Å². The van der Waals surface area contributed by atoms with E-state index < -0.39 is 0 Å². The second-order valence-electron chi connectivity index (χ2n) is 5.72. The second-order valence-corrected chi connectivity index (χ2v) is 6.12. The third-order valence-corrected chi connectivity index (χ3v) is 4.47. The van der Waals surface area contributed by atoms with Crippen LogP contribution in [0.1, 0.15) is 11.3 Å². The second kappa shape index (κ2) is 5.73. The lowest BCUT2D eigenvalue weighted by Gasteiger charge is -2.05. The minimum absolute atomic E-state index is 0.581. The fourth-order valence-electron chi connectivity index (χ4n) is 2.99. The Balaban J connectivity index is 1.92. The van der Waals surface area contributed by atoms with E-state index in [2.05, 4.69) is 39.3 Å². The van der Waals surface area contributed by atoms with E-state index in [0.29, 0.717) is 10.7 Å². The van der Waals surface area contributed by atoms with Gasteiger partial charge in [-0.1, -0.05) is 41.9 Å². The monoisotopic (exact) mass is 334 g/mol. The first-order valence-corrected chi connectivity index (χ1v) is 8.07. The Hall–Kier alpha value is -2.72. The molecule has 4 aromatic rings. The number of benzene rings is 2. The number of fused-ring (bicyclic) bond motifs is 3. The summed E-state index contributed by atoms with van der Waals surface area (Å²) in [5.74, 6) is 0. The number of nitrogens with zero attached hydrogens (tertiary/aromatic N) is 3. The van der Waals surface area contributed by atoms with Crippen LogP contribution in [0.4, 0.5) is 11.4 Å². The van der Waals surface area contributed by atoms with Gasteiger partial charge in [0.25, 0.3) is 0 Å². The molecule has 5 heteroatoms. The smallest absolute Gasteiger partial charge is 0.139 e. The first-order chi connectivity index (χ1) is 11.6. The van der Waals surface area contributed by atoms with Crippen molar-refractivity contribution < 1.29 is 0 Å². The molecular weight excluding hydrogens is 320 g/mol. The van der Waals surface area contributed by atoms with Crippen LogP contribution in [-0.4, -0.2) is 9.97 Å². The van der Waals surface area contributed by atoms with Crippen molar-refractivity contribution in [3.63, 3.8) is 0 Å². The highest BCUT2D eigenvalue weighted by Crippen LogP contribution is 2.35. The zero-order valence-corrected chi connectivity index (χ0v) is 14.1. The highest BCUT2D eigenvalue weighted by molar-refractivity contribution is 6.32. The molecule has 0 saturated carbocycles. The number of pyridine rings is 1. The van der Waals surface area contributed by atoms with Crippen LogP contribution in [-0.2, 0) is 0 Å². The van der Waals surface area contributed by atoms with E-state index in [-0.39, 0.29) is 0 Å². The van der Waals surface area contributed by atoms with E-state index >= 15 is 0 Å². The molecule has 1 N–H and O–H groups in total. The van der Waals surface area contributed by atoms with E-state index in [9.17, 15) is 0 Å². The van der Waals surface area contributed by atoms with Gasteiger partial charge >= 0.3 is 0 Å². The van der Waals surface area contributed by atoms with Gasteiger partial charge in [0.15, 0.2) is 0 Å². The number of aryl methyl sites for hydroxylation is 2. The predicted octanol–water partition coefficient (Wildman–Crippen LogP) is 6.40. The fraction of sp³-hybridized carbons (Fsp3) is 0.105. The van der Waals surface area contributed by atoms with Crippen LogP contribution in [0.15, 0.2) is 58.8 Å². The summed E-state index contributed by atoms with van der Waals surface area (Å²) in [5, 5.41) is 11.6. The third kappa shape index (κ3) is 2.36. The van der Waals surface area contributed by atoms with Crippen molar-refractivity contribution in [2.75, 3.05) is 0 Å². The van der Waals surface area contributed by atoms with Crippen LogP contribution in [0.5, 0.6) is 0 Å². The Morgan fingerprint density at radius 2 is 1.71 bits per heavy atom. The van der Waals surface area contributed by atoms with Crippen molar-refractivity contribution >= 4 is 44.9 Å². The van der Waals surface area contributed by atoms with Crippen molar-refractivity contribution in [1.82, 2.24) is 9.97 Å². The minimum atomic E-state index is 0.581. The van der Waals surface area contributed by atoms with E-state index in [1.54, 1.807) is 6.07 Å². The Labute approximate surface area is 144 Å². The Kier molecular flexibility index (Phi) is 3.54. The van der Waals surface area contributed by atoms with Crippen molar-refractivity contribution in [2.24, 2.45) is 10.2 Å². The molecular formula is C19H15ClN4. The Morgan fingerprint density at radius 3 is 2.54 bits per heavy atom. The molecule has 0 amide bonds. The van der Waals surface area contributed by atoms with Crippen LogP contribution in [0.2, 0.25) is 5.02 Å². The molecule has 0 atom stereocenters. The molecule has 118 valence electrons. The lowest BCUT2D eigenvalue weighted by molar-refractivity contribution is 1.14. The van der Waals surface area contributed by atoms with Gasteiger partial charge in [-0.15, -0.1) is 10.2 Å². The molecule has 0 bridgehead atoms. The van der Waals surface area contributed by atoms with Gasteiger partial charge in [-0.05, 0) is 37.6 Å². The Bertz CT molecular complexity index is 1100. The molecule has 0 saturated heterocycles. The third-order valence-electron chi connectivity index (χ3n) is 4.15. The van der Waals surface area contributed by atoms with Gasteiger partial charge < -0.3 is 4.98 Å². The number of para-hydroxylation sites is 1. The molecule has 0 aliphatic rings. The van der Waals surface area contributed by atoms with Gasteiger partial charge in [0.2, 0.25) is 0 Å². The molecule has 0 radical (unpaired) electrons. The number of aromatic amines is 1. The normalized spacial score (nSPS) is 11.8. The zero-order chi connectivity index (χ0) is 16.7. The summed E-state index contributed by atoms with van der Waals surface area (Å²) >= 11 is 6.15. The summed E-state index contributed by atoms with van der Waals surface area (Å²) in [7, 11) is 0. The van der Waals surface area contributed by atoms with Gasteiger partial charge in [0.05, 0.1) is 10.7 Å². The number of nitrogens with one attached hydrogen (secondary N) is 1. The number of azo groups is 1. The molecule has 0 spiro atoms. The Morgan fingerprint density at radius 1 is 0.958 bits per heavy atom. The molecule has 0 unspecified atom stereocenters. The van der Waals surface area contributed by atoms with Crippen molar-refractivity contribution in [3.8, 4) is 0 Å². The summed E-state index contributed by atoms with van der Waals surface area (Å²) in [4.78, 5) is 8.03. The molecule has 24 heavy (non-hydrogen) atoms. The quantitative estimate of drug-likeness (QED) is 0.423. The number of halogens is 1. The van der Waals surface area contributed by atoms with E-state index in [0.717, 1.165) is 38.9 Å². The predicted molar refractivity (Wildman–Crippen MR) is 98.7 cm³/mol. The number of hydrogen-bond acceptors (Lipinski definition) is 3. The average molecular weight is 335 g/mol. The maximum absolute atomic E-state index is 6.15. The van der Waals surface area contributed by atoms with Gasteiger partial charge in [0.1, 0.15) is 17.0 Å². The molecule has 4 rings (SSSR count). The largest absolute Gasteiger partial charge is 0.339 e. The van der Waals surface area contributed by atoms with Crippen LogP contribution >= 0.6 is 11.6 Å². The van der Waals surface area contributed by atoms with E-state index in [1.807, 2.05) is 37.3 Å². The summed E-state index contributed by atoms with van der Waals surface area (Å²) in [5.41, 5.74) is 5.28. The van der Waals surface area contributed by atoms with Crippen LogP contribution in [0.3, 0.4) is 0 Å². The van der Waals surface area contributed by atoms with Crippen molar-refractivity contribution in [2.45, 2.75) is 13.8 Å². The summed E-state index contributed by atoms with van der Waals surface area (Å²) in [6.07, 6.45) is 0. The summed E-state index contributed by atoms with van der Waals surface area (Å²) < 4.78 is 0. The topological polar surface area (TPSA) is 53.4 Å². The fourth-order valence-corrected chi connectivity index (χ4v) is 3.16. The van der Waals surface area contributed by atoms with Crippen molar-refractivity contribution in [3.05, 3.63) is 64.8 Å². The van der Waals surface area contributed by atoms with Gasteiger partial charge in [-0.2, -0.15) is 0 Å². The standard InChI is InChI=1S/C19H15ClN4/c1-11-17-13-7-3-5-9-15(13)22-19(17)21-12(2)18(11)24-23-16-10-6-4-8-14(16)20/h3-10H,1-2H3,(H,21,22). The maximum Gasteiger partial charge on any atom is 0.139 e. The first kappa shape index (κ1) is 14.8. The SMILES string of the molecule is Cc1nc2[nH]c3ccccc3c2c(C)c1N=Nc1ccccc1Cl. The first-order valence-electron chi connectivity index (χ1n) is 7.69. The molecule has 2 aromatic heterocycles. The van der Waals surface area contributed by atoms with Crippen LogP contribution in [0, 0.1) is 13.8 Å². The minimum Gasteiger partial charge on any atom is -0.339 e. The number of aromatic nitrogens is 2. The molecule has 0 fully saturated rings. The zero-order valence-electron chi connectivity index (χ0n) is 13.3. The van der Waals surface area contributed by atoms with Gasteiger partial charge in [0, 0.05) is 16.3 Å². The van der Waals surface area contributed by atoms with Crippen LogP contribution in [0.25, 0.3) is 21.9 Å².